The van der Waals surface area contributed by atoms with Gasteiger partial charge in [-0.1, -0.05) is 42.0 Å². The van der Waals surface area contributed by atoms with E-state index in [1.165, 1.54) is 11.3 Å². The van der Waals surface area contributed by atoms with Crippen LogP contribution in [0.5, 0.6) is 0 Å². The van der Waals surface area contributed by atoms with Crippen molar-refractivity contribution in [3.8, 4) is 6.07 Å². The molecule has 22 heavy (non-hydrogen) atoms. The van der Waals surface area contributed by atoms with E-state index in [0.717, 1.165) is 24.2 Å². The van der Waals surface area contributed by atoms with Crippen LogP contribution >= 0.6 is 0 Å². The molecular weight excluding hydrogens is 268 g/mol. The number of nitriles is 1. The molecule has 0 fully saturated rings. The molecule has 0 atom stereocenters. The summed E-state index contributed by atoms with van der Waals surface area (Å²) in [5.74, 6) is 0. The van der Waals surface area contributed by atoms with Crippen LogP contribution in [0.15, 0.2) is 48.5 Å². The molecule has 0 saturated heterocycles. The van der Waals surface area contributed by atoms with Crippen molar-refractivity contribution in [1.29, 1.82) is 5.26 Å². The van der Waals surface area contributed by atoms with Crippen molar-refractivity contribution in [2.24, 2.45) is 0 Å². The topological polar surface area (TPSA) is 27.0 Å². The number of allylic oxidation sites excluding steroid dienone is 1. The third-order valence-corrected chi connectivity index (χ3v) is 3.82. The van der Waals surface area contributed by atoms with Gasteiger partial charge in [-0.05, 0) is 50.1 Å². The van der Waals surface area contributed by atoms with E-state index in [0.29, 0.717) is 5.57 Å². The molecule has 2 heteroatoms. The van der Waals surface area contributed by atoms with Gasteiger partial charge in [0.1, 0.15) is 0 Å². The van der Waals surface area contributed by atoms with E-state index in [1.54, 1.807) is 0 Å². The van der Waals surface area contributed by atoms with Gasteiger partial charge in [0.05, 0.1) is 11.6 Å². The predicted molar refractivity (Wildman–Crippen MR) is 94.7 cm³/mol. The normalized spacial score (nSPS) is 11.1. The first-order valence-corrected chi connectivity index (χ1v) is 7.71. The lowest BCUT2D eigenvalue weighted by molar-refractivity contribution is 0.866. The number of aryl methyl sites for hydroxylation is 1. The molecule has 0 N–H and O–H groups in total. The molecule has 0 spiro atoms. The van der Waals surface area contributed by atoms with Gasteiger partial charge in [-0.15, -0.1) is 0 Å². The van der Waals surface area contributed by atoms with Crippen LogP contribution in [0.3, 0.4) is 0 Å². The van der Waals surface area contributed by atoms with Crippen molar-refractivity contribution >= 4 is 17.3 Å². The van der Waals surface area contributed by atoms with Gasteiger partial charge in [0.25, 0.3) is 0 Å². The molecule has 2 nitrogen and oxygen atoms in total. The Labute approximate surface area is 133 Å². The van der Waals surface area contributed by atoms with Crippen molar-refractivity contribution in [3.05, 3.63) is 65.2 Å². The molecule has 2 aromatic carbocycles. The van der Waals surface area contributed by atoms with Crippen LogP contribution in [0.25, 0.3) is 11.6 Å². The highest BCUT2D eigenvalue weighted by Crippen LogP contribution is 2.20. The minimum atomic E-state index is 0.690. The fraction of sp³-hybridized carbons (Fsp3) is 0.250. The second kappa shape index (κ2) is 7.47. The summed E-state index contributed by atoms with van der Waals surface area (Å²) in [6.07, 6.45) is 1.94. The van der Waals surface area contributed by atoms with Crippen LogP contribution < -0.4 is 4.90 Å². The van der Waals surface area contributed by atoms with Gasteiger partial charge in [0, 0.05) is 18.8 Å². The summed E-state index contributed by atoms with van der Waals surface area (Å²) in [4.78, 5) is 2.30. The highest BCUT2D eigenvalue weighted by atomic mass is 15.1. The summed E-state index contributed by atoms with van der Waals surface area (Å²) < 4.78 is 0. The summed E-state index contributed by atoms with van der Waals surface area (Å²) in [7, 11) is 0. The van der Waals surface area contributed by atoms with E-state index in [9.17, 15) is 5.26 Å². The van der Waals surface area contributed by atoms with E-state index in [-0.39, 0.29) is 0 Å². The molecule has 0 radical (unpaired) electrons. The first kappa shape index (κ1) is 15.9. The van der Waals surface area contributed by atoms with Crippen LogP contribution in [0.1, 0.15) is 30.5 Å². The zero-order valence-electron chi connectivity index (χ0n) is 13.5. The van der Waals surface area contributed by atoms with Crippen molar-refractivity contribution in [2.45, 2.75) is 20.8 Å². The largest absolute Gasteiger partial charge is 0.372 e. The summed E-state index contributed by atoms with van der Waals surface area (Å²) in [5, 5.41) is 9.40. The summed E-state index contributed by atoms with van der Waals surface area (Å²) >= 11 is 0. The first-order valence-electron chi connectivity index (χ1n) is 7.71. The lowest BCUT2D eigenvalue weighted by atomic mass is 10.0. The highest BCUT2D eigenvalue weighted by Gasteiger charge is 2.03. The van der Waals surface area contributed by atoms with E-state index in [4.69, 9.17) is 0 Å². The van der Waals surface area contributed by atoms with Gasteiger partial charge in [-0.25, -0.2) is 0 Å². The van der Waals surface area contributed by atoms with Crippen molar-refractivity contribution in [3.63, 3.8) is 0 Å². The standard InChI is InChI=1S/C20H22N2/c1-4-22(5-2)20-12-8-17(9-13-20)14-19(15-21)18-10-6-16(3)7-11-18/h6-14H,4-5H2,1-3H3/b19-14+. The number of hydrogen-bond donors (Lipinski definition) is 0. The van der Waals surface area contributed by atoms with Gasteiger partial charge in [0.15, 0.2) is 0 Å². The molecular formula is C20H22N2. The van der Waals surface area contributed by atoms with Crippen LogP contribution in [0.2, 0.25) is 0 Å². The number of benzene rings is 2. The molecule has 0 bridgehead atoms. The molecule has 0 amide bonds. The molecule has 0 aliphatic heterocycles. The Morgan fingerprint density at radius 3 is 2.09 bits per heavy atom. The number of nitrogens with zero attached hydrogens (tertiary/aromatic N) is 2. The summed E-state index contributed by atoms with van der Waals surface area (Å²) in [5.41, 5.74) is 5.12. The monoisotopic (exact) mass is 290 g/mol. The lowest BCUT2D eigenvalue weighted by Crippen LogP contribution is -2.21. The SMILES string of the molecule is CCN(CC)c1ccc(/C=C(\C#N)c2ccc(C)cc2)cc1. The highest BCUT2D eigenvalue weighted by molar-refractivity contribution is 5.89. The number of anilines is 1. The third-order valence-electron chi connectivity index (χ3n) is 3.82. The Bertz CT molecular complexity index is 669. The number of rotatable bonds is 5. The average Bonchev–Trinajstić information content (AvgIpc) is 2.56. The fourth-order valence-corrected chi connectivity index (χ4v) is 2.45. The molecule has 0 aliphatic rings. The minimum Gasteiger partial charge on any atom is -0.372 e. The maximum atomic E-state index is 9.40. The third kappa shape index (κ3) is 3.77. The Hall–Kier alpha value is -2.53. The summed E-state index contributed by atoms with van der Waals surface area (Å²) in [6, 6.07) is 18.7. The second-order valence-electron chi connectivity index (χ2n) is 5.30. The van der Waals surface area contributed by atoms with Gasteiger partial charge in [-0.3, -0.25) is 0 Å². The molecule has 0 aliphatic carbocycles. The molecule has 2 aromatic rings. The van der Waals surface area contributed by atoms with Crippen LogP contribution in [-0.4, -0.2) is 13.1 Å². The molecule has 2 rings (SSSR count). The predicted octanol–water partition coefficient (Wildman–Crippen LogP) is 4.91. The van der Waals surface area contributed by atoms with Gasteiger partial charge < -0.3 is 4.90 Å². The molecule has 0 unspecified atom stereocenters. The maximum absolute atomic E-state index is 9.40. The van der Waals surface area contributed by atoms with Crippen LogP contribution in [0.4, 0.5) is 5.69 Å². The van der Waals surface area contributed by atoms with E-state index in [1.807, 2.05) is 37.3 Å². The quantitative estimate of drug-likeness (QED) is 0.578. The Balaban J connectivity index is 2.27. The fourth-order valence-electron chi connectivity index (χ4n) is 2.45. The van der Waals surface area contributed by atoms with Gasteiger partial charge in [0.2, 0.25) is 0 Å². The Morgan fingerprint density at radius 1 is 1.00 bits per heavy atom. The second-order valence-corrected chi connectivity index (χ2v) is 5.30. The van der Waals surface area contributed by atoms with E-state index >= 15 is 0 Å². The van der Waals surface area contributed by atoms with Crippen molar-refractivity contribution in [2.75, 3.05) is 18.0 Å². The van der Waals surface area contributed by atoms with Crippen LogP contribution in [-0.2, 0) is 0 Å². The van der Waals surface area contributed by atoms with E-state index in [2.05, 4.69) is 49.1 Å². The maximum Gasteiger partial charge on any atom is 0.0998 e. The van der Waals surface area contributed by atoms with Crippen molar-refractivity contribution in [1.82, 2.24) is 0 Å². The lowest BCUT2D eigenvalue weighted by Gasteiger charge is -2.20. The van der Waals surface area contributed by atoms with Gasteiger partial charge >= 0.3 is 0 Å². The molecule has 112 valence electrons. The first-order chi connectivity index (χ1) is 10.7. The van der Waals surface area contributed by atoms with Crippen LogP contribution in [0, 0.1) is 18.3 Å². The zero-order valence-corrected chi connectivity index (χ0v) is 13.5. The Kier molecular flexibility index (Phi) is 5.38. The van der Waals surface area contributed by atoms with Crippen molar-refractivity contribution < 1.29 is 0 Å². The summed E-state index contributed by atoms with van der Waals surface area (Å²) in [6.45, 7) is 8.35. The minimum absolute atomic E-state index is 0.690. The Morgan fingerprint density at radius 2 is 1.59 bits per heavy atom. The number of hydrogen-bond acceptors (Lipinski definition) is 2. The smallest absolute Gasteiger partial charge is 0.0998 e. The van der Waals surface area contributed by atoms with E-state index < -0.39 is 0 Å². The molecule has 0 saturated carbocycles. The average molecular weight is 290 g/mol. The zero-order chi connectivity index (χ0) is 15.9. The molecule has 0 heterocycles. The van der Waals surface area contributed by atoms with Gasteiger partial charge in [-0.2, -0.15) is 5.26 Å². The molecule has 0 aromatic heterocycles.